The molecule has 1 amide bonds. The zero-order chi connectivity index (χ0) is 15.0. The predicted octanol–water partition coefficient (Wildman–Crippen LogP) is 3.02. The number of carbonyl (C=O) groups is 1. The molecule has 0 spiro atoms. The topological polar surface area (TPSA) is 41.6 Å². The molecule has 0 aromatic heterocycles. The highest BCUT2D eigenvalue weighted by Gasteiger charge is 2.45. The lowest BCUT2D eigenvalue weighted by atomic mass is 9.97. The lowest BCUT2D eigenvalue weighted by molar-refractivity contribution is 0.0184. The molecule has 0 radical (unpaired) electrons. The number of rotatable bonds is 3. The van der Waals surface area contributed by atoms with Crippen molar-refractivity contribution in [2.24, 2.45) is 11.3 Å². The van der Waals surface area contributed by atoms with Gasteiger partial charge in [0.05, 0.1) is 0 Å². The van der Waals surface area contributed by atoms with E-state index in [-0.39, 0.29) is 6.09 Å². The molecule has 2 fully saturated rings. The summed E-state index contributed by atoms with van der Waals surface area (Å²) >= 11 is 0. The Morgan fingerprint density at radius 2 is 1.85 bits per heavy atom. The number of ether oxygens (including phenoxy) is 1. The molecule has 0 aromatic carbocycles. The van der Waals surface area contributed by atoms with Crippen LogP contribution in [0.3, 0.4) is 0 Å². The van der Waals surface area contributed by atoms with Gasteiger partial charge >= 0.3 is 6.09 Å². The largest absolute Gasteiger partial charge is 0.444 e. The summed E-state index contributed by atoms with van der Waals surface area (Å²) in [6.07, 6.45) is 3.30. The molecule has 116 valence electrons. The van der Waals surface area contributed by atoms with Crippen LogP contribution in [0.25, 0.3) is 0 Å². The van der Waals surface area contributed by atoms with E-state index in [4.69, 9.17) is 4.74 Å². The van der Waals surface area contributed by atoms with Gasteiger partial charge in [-0.2, -0.15) is 0 Å². The van der Waals surface area contributed by atoms with Gasteiger partial charge in [-0.25, -0.2) is 4.79 Å². The van der Waals surface area contributed by atoms with Crippen LogP contribution < -0.4 is 5.32 Å². The first kappa shape index (κ1) is 15.6. The zero-order valence-corrected chi connectivity index (χ0v) is 13.7. The zero-order valence-electron chi connectivity index (χ0n) is 13.7. The molecule has 1 unspecified atom stereocenters. The van der Waals surface area contributed by atoms with E-state index in [9.17, 15) is 4.79 Å². The standard InChI is InChI=1S/C16H30N2O2/c1-15(2,3)20-14(19)18-8-6-12(7-9-18)11-17-13-10-16(13,4)5/h12-13,17H,6-11H2,1-5H3. The molecular weight excluding hydrogens is 252 g/mol. The quantitative estimate of drug-likeness (QED) is 0.865. The Morgan fingerprint density at radius 1 is 1.30 bits per heavy atom. The van der Waals surface area contributed by atoms with E-state index < -0.39 is 5.60 Å². The van der Waals surface area contributed by atoms with Gasteiger partial charge < -0.3 is 15.0 Å². The van der Waals surface area contributed by atoms with E-state index in [1.807, 2.05) is 25.7 Å². The molecule has 1 saturated carbocycles. The lowest BCUT2D eigenvalue weighted by Crippen LogP contribution is -2.43. The molecule has 0 aromatic rings. The van der Waals surface area contributed by atoms with Crippen LogP contribution in [0.15, 0.2) is 0 Å². The van der Waals surface area contributed by atoms with Crippen molar-refractivity contribution in [1.29, 1.82) is 0 Å². The van der Waals surface area contributed by atoms with E-state index in [1.54, 1.807) is 0 Å². The Hall–Kier alpha value is -0.770. The highest BCUT2D eigenvalue weighted by atomic mass is 16.6. The molecule has 1 heterocycles. The van der Waals surface area contributed by atoms with E-state index in [0.29, 0.717) is 17.4 Å². The maximum absolute atomic E-state index is 12.0. The summed E-state index contributed by atoms with van der Waals surface area (Å²) in [4.78, 5) is 13.8. The lowest BCUT2D eigenvalue weighted by Gasteiger charge is -2.33. The fourth-order valence-electron chi connectivity index (χ4n) is 2.77. The Labute approximate surface area is 123 Å². The van der Waals surface area contributed by atoms with Crippen molar-refractivity contribution in [1.82, 2.24) is 10.2 Å². The van der Waals surface area contributed by atoms with Gasteiger partial charge in [0.25, 0.3) is 0 Å². The van der Waals surface area contributed by atoms with Crippen LogP contribution in [0.5, 0.6) is 0 Å². The molecule has 4 heteroatoms. The molecule has 0 bridgehead atoms. The molecule has 1 aliphatic carbocycles. The first-order chi connectivity index (χ1) is 9.17. The maximum atomic E-state index is 12.0. The van der Waals surface area contributed by atoms with E-state index in [0.717, 1.165) is 32.5 Å². The predicted molar refractivity (Wildman–Crippen MR) is 80.7 cm³/mol. The molecule has 4 nitrogen and oxygen atoms in total. The molecule has 1 N–H and O–H groups in total. The first-order valence-corrected chi connectivity index (χ1v) is 7.89. The Kier molecular flexibility index (Phi) is 4.33. The number of amides is 1. The fraction of sp³-hybridized carbons (Fsp3) is 0.938. The highest BCUT2D eigenvalue weighted by molar-refractivity contribution is 5.68. The number of carbonyl (C=O) groups excluding carboxylic acids is 1. The number of likely N-dealkylation sites (tertiary alicyclic amines) is 1. The second-order valence-corrected chi connectivity index (χ2v) is 8.06. The minimum atomic E-state index is -0.396. The first-order valence-electron chi connectivity index (χ1n) is 7.89. The van der Waals surface area contributed by atoms with Crippen LogP contribution in [0.2, 0.25) is 0 Å². The van der Waals surface area contributed by atoms with Crippen LogP contribution in [-0.2, 0) is 4.74 Å². The summed E-state index contributed by atoms with van der Waals surface area (Å²) in [5, 5.41) is 3.66. The molecule has 2 rings (SSSR count). The summed E-state index contributed by atoms with van der Waals surface area (Å²) in [7, 11) is 0. The minimum Gasteiger partial charge on any atom is -0.444 e. The van der Waals surface area contributed by atoms with Crippen molar-refractivity contribution >= 4 is 6.09 Å². The number of piperidine rings is 1. The van der Waals surface area contributed by atoms with Crippen LogP contribution in [0, 0.1) is 11.3 Å². The van der Waals surface area contributed by atoms with Crippen molar-refractivity contribution in [2.75, 3.05) is 19.6 Å². The van der Waals surface area contributed by atoms with Crippen molar-refractivity contribution in [2.45, 2.75) is 65.5 Å². The van der Waals surface area contributed by atoms with Gasteiger partial charge in [-0.1, -0.05) is 13.8 Å². The van der Waals surface area contributed by atoms with Crippen molar-refractivity contribution in [3.05, 3.63) is 0 Å². The number of hydrogen-bond donors (Lipinski definition) is 1. The fourth-order valence-corrected chi connectivity index (χ4v) is 2.77. The summed E-state index contributed by atoms with van der Waals surface area (Å²) in [6.45, 7) is 13.1. The van der Waals surface area contributed by atoms with E-state index in [1.165, 1.54) is 6.42 Å². The Bertz CT molecular complexity index is 352. The minimum absolute atomic E-state index is 0.160. The summed E-state index contributed by atoms with van der Waals surface area (Å²) < 4.78 is 5.42. The van der Waals surface area contributed by atoms with Gasteiger partial charge in [-0.05, 0) is 57.9 Å². The van der Waals surface area contributed by atoms with Gasteiger partial charge in [-0.3, -0.25) is 0 Å². The number of nitrogens with zero attached hydrogens (tertiary/aromatic N) is 1. The summed E-state index contributed by atoms with van der Waals surface area (Å²) in [5.41, 5.74) is 0.101. The molecule has 1 saturated heterocycles. The van der Waals surface area contributed by atoms with Crippen molar-refractivity contribution in [3.8, 4) is 0 Å². The second-order valence-electron chi connectivity index (χ2n) is 8.06. The Balaban J connectivity index is 1.66. The van der Waals surface area contributed by atoms with Gasteiger partial charge in [0, 0.05) is 19.1 Å². The van der Waals surface area contributed by atoms with Crippen LogP contribution in [0.1, 0.15) is 53.9 Å². The highest BCUT2D eigenvalue weighted by Crippen LogP contribution is 2.44. The monoisotopic (exact) mass is 282 g/mol. The normalized spacial score (nSPS) is 26.4. The van der Waals surface area contributed by atoms with Crippen LogP contribution in [-0.4, -0.2) is 42.3 Å². The Morgan fingerprint density at radius 3 is 2.30 bits per heavy atom. The molecule has 2 aliphatic rings. The average Bonchev–Trinajstić information content (AvgIpc) is 2.93. The third kappa shape index (κ3) is 4.37. The molecule has 1 aliphatic heterocycles. The third-order valence-electron chi connectivity index (χ3n) is 4.43. The van der Waals surface area contributed by atoms with Crippen molar-refractivity contribution in [3.63, 3.8) is 0 Å². The van der Waals surface area contributed by atoms with E-state index >= 15 is 0 Å². The molecule has 20 heavy (non-hydrogen) atoms. The molecule has 1 atom stereocenters. The van der Waals surface area contributed by atoms with Crippen LogP contribution >= 0.6 is 0 Å². The summed E-state index contributed by atoms with van der Waals surface area (Å²) in [6, 6.07) is 0.700. The van der Waals surface area contributed by atoms with Crippen molar-refractivity contribution < 1.29 is 9.53 Å². The SMILES string of the molecule is CC(C)(C)OC(=O)N1CCC(CNC2CC2(C)C)CC1. The smallest absolute Gasteiger partial charge is 0.410 e. The van der Waals surface area contributed by atoms with E-state index in [2.05, 4.69) is 19.2 Å². The van der Waals surface area contributed by atoms with Gasteiger partial charge in [-0.15, -0.1) is 0 Å². The maximum Gasteiger partial charge on any atom is 0.410 e. The van der Waals surface area contributed by atoms with Gasteiger partial charge in [0.1, 0.15) is 5.60 Å². The van der Waals surface area contributed by atoms with Gasteiger partial charge in [0.15, 0.2) is 0 Å². The summed E-state index contributed by atoms with van der Waals surface area (Å²) in [5.74, 6) is 0.699. The second kappa shape index (κ2) is 5.55. The van der Waals surface area contributed by atoms with Crippen LogP contribution in [0.4, 0.5) is 4.79 Å². The number of hydrogen-bond acceptors (Lipinski definition) is 3. The van der Waals surface area contributed by atoms with Gasteiger partial charge in [0.2, 0.25) is 0 Å². The average molecular weight is 282 g/mol. The third-order valence-corrected chi connectivity index (χ3v) is 4.43. The number of nitrogens with one attached hydrogen (secondary N) is 1. The molecular formula is C16H30N2O2.